The summed E-state index contributed by atoms with van der Waals surface area (Å²) in [6.45, 7) is 4.51. The summed E-state index contributed by atoms with van der Waals surface area (Å²) in [6.07, 6.45) is 3.84. The molecule has 0 saturated carbocycles. The van der Waals surface area contributed by atoms with Crippen LogP contribution in [0.3, 0.4) is 0 Å². The second-order valence-corrected chi connectivity index (χ2v) is 6.43. The lowest BCUT2D eigenvalue weighted by Crippen LogP contribution is -2.30. The monoisotopic (exact) mass is 307 g/mol. The minimum Gasteiger partial charge on any atom is -0.315 e. The summed E-state index contributed by atoms with van der Waals surface area (Å²) in [7, 11) is 1.87. The lowest BCUT2D eigenvalue weighted by Gasteiger charge is -2.26. The molecule has 2 heteroatoms. The molecular weight excluding hydrogens is 282 g/mol. The number of nitrogens with zero attached hydrogens (tertiary/aromatic N) is 1. The summed E-state index contributed by atoms with van der Waals surface area (Å²) in [4.78, 5) is 13.6. The van der Waals surface area contributed by atoms with Crippen LogP contribution in [0.4, 0.5) is 5.69 Å². The quantitative estimate of drug-likeness (QED) is 0.763. The van der Waals surface area contributed by atoms with Gasteiger partial charge in [-0.2, -0.15) is 0 Å². The van der Waals surface area contributed by atoms with E-state index in [-0.39, 0.29) is 5.91 Å². The molecule has 0 aromatic heterocycles. The van der Waals surface area contributed by atoms with Crippen molar-refractivity contribution in [2.45, 2.75) is 45.4 Å². The maximum Gasteiger partial charge on any atom is 0.227 e. The Morgan fingerprint density at radius 1 is 0.957 bits per heavy atom. The zero-order valence-electron chi connectivity index (χ0n) is 14.3. The second kappa shape index (κ2) is 6.57. The highest BCUT2D eigenvalue weighted by molar-refractivity contribution is 5.96. The van der Waals surface area contributed by atoms with Crippen molar-refractivity contribution in [2.75, 3.05) is 11.9 Å². The number of hydrogen-bond donors (Lipinski definition) is 0. The van der Waals surface area contributed by atoms with Crippen LogP contribution >= 0.6 is 0 Å². The first-order chi connectivity index (χ1) is 11.1. The van der Waals surface area contributed by atoms with Gasteiger partial charge in [-0.25, -0.2) is 0 Å². The summed E-state index contributed by atoms with van der Waals surface area (Å²) >= 11 is 0. The molecule has 0 fully saturated rings. The highest BCUT2D eigenvalue weighted by atomic mass is 16.2. The van der Waals surface area contributed by atoms with E-state index >= 15 is 0 Å². The van der Waals surface area contributed by atoms with Crippen molar-refractivity contribution in [3.8, 4) is 11.1 Å². The molecule has 0 N–H and O–H groups in total. The molecule has 0 aliphatic carbocycles. The average molecular weight is 307 g/mol. The maximum atomic E-state index is 11.8. The van der Waals surface area contributed by atoms with E-state index in [1.54, 1.807) is 4.90 Å². The molecule has 0 unspecified atom stereocenters. The first-order valence-electron chi connectivity index (χ1n) is 8.63. The Kier molecular flexibility index (Phi) is 4.51. The predicted molar refractivity (Wildman–Crippen MR) is 96.9 cm³/mol. The van der Waals surface area contributed by atoms with Crippen LogP contribution < -0.4 is 4.90 Å². The van der Waals surface area contributed by atoms with Gasteiger partial charge < -0.3 is 4.90 Å². The lowest BCUT2D eigenvalue weighted by atomic mass is 9.91. The van der Waals surface area contributed by atoms with Gasteiger partial charge in [-0.15, -0.1) is 0 Å². The number of hydrogen-bond acceptors (Lipinski definition) is 1. The van der Waals surface area contributed by atoms with E-state index in [1.807, 2.05) is 7.05 Å². The fraction of sp³-hybridized carbons (Fsp3) is 0.381. The molecule has 0 radical (unpaired) electrons. The largest absolute Gasteiger partial charge is 0.315 e. The Bertz CT molecular complexity index is 698. The fourth-order valence-corrected chi connectivity index (χ4v) is 3.54. The van der Waals surface area contributed by atoms with Crippen LogP contribution in [-0.2, 0) is 11.2 Å². The molecule has 0 saturated heterocycles. The van der Waals surface area contributed by atoms with Gasteiger partial charge in [0, 0.05) is 19.2 Å². The molecule has 2 nitrogen and oxygen atoms in total. The molecule has 120 valence electrons. The van der Waals surface area contributed by atoms with Crippen molar-refractivity contribution in [2.24, 2.45) is 0 Å². The third-order valence-electron chi connectivity index (χ3n) is 5.12. The van der Waals surface area contributed by atoms with Gasteiger partial charge in [-0.3, -0.25) is 4.79 Å². The number of anilines is 1. The number of aryl methyl sites for hydroxylation is 1. The Labute approximate surface area is 139 Å². The Morgan fingerprint density at radius 2 is 1.61 bits per heavy atom. The van der Waals surface area contributed by atoms with E-state index in [2.05, 4.69) is 56.3 Å². The van der Waals surface area contributed by atoms with Gasteiger partial charge in [0.05, 0.1) is 0 Å². The summed E-state index contributed by atoms with van der Waals surface area (Å²) < 4.78 is 0. The predicted octanol–water partition coefficient (Wildman–Crippen LogP) is 5.17. The van der Waals surface area contributed by atoms with Crippen molar-refractivity contribution in [3.63, 3.8) is 0 Å². The number of amides is 1. The topological polar surface area (TPSA) is 20.3 Å². The summed E-state index contributed by atoms with van der Waals surface area (Å²) in [6, 6.07) is 15.4. The standard InChI is InChI=1S/C21H25NO/c1-4-15(5-2)16-6-8-17(9-7-16)18-10-12-20-19(14-18)11-13-21(23)22(20)3/h6-10,12,14-15H,4-5,11,13H2,1-3H3. The second-order valence-electron chi connectivity index (χ2n) is 6.43. The van der Waals surface area contributed by atoms with E-state index in [0.29, 0.717) is 12.3 Å². The zero-order chi connectivity index (χ0) is 16.4. The average Bonchev–Trinajstić information content (AvgIpc) is 2.60. The van der Waals surface area contributed by atoms with E-state index < -0.39 is 0 Å². The van der Waals surface area contributed by atoms with Gasteiger partial charge in [-0.05, 0) is 59.6 Å². The maximum absolute atomic E-state index is 11.8. The van der Waals surface area contributed by atoms with Crippen LogP contribution in [0, 0.1) is 0 Å². The van der Waals surface area contributed by atoms with E-state index in [1.165, 1.54) is 35.1 Å². The van der Waals surface area contributed by atoms with Crippen LogP contribution in [0.2, 0.25) is 0 Å². The fourth-order valence-electron chi connectivity index (χ4n) is 3.54. The molecule has 1 heterocycles. The van der Waals surface area contributed by atoms with Crippen molar-refractivity contribution in [3.05, 3.63) is 53.6 Å². The number of fused-ring (bicyclic) bond motifs is 1. The molecule has 2 aromatic rings. The number of rotatable bonds is 4. The van der Waals surface area contributed by atoms with Crippen molar-refractivity contribution >= 4 is 11.6 Å². The molecule has 3 rings (SSSR count). The minimum absolute atomic E-state index is 0.208. The van der Waals surface area contributed by atoms with Gasteiger partial charge in [0.15, 0.2) is 0 Å². The van der Waals surface area contributed by atoms with Crippen molar-refractivity contribution in [1.29, 1.82) is 0 Å². The van der Waals surface area contributed by atoms with Crippen LogP contribution in [0.5, 0.6) is 0 Å². The molecule has 23 heavy (non-hydrogen) atoms. The van der Waals surface area contributed by atoms with Gasteiger partial charge in [-0.1, -0.05) is 44.2 Å². The van der Waals surface area contributed by atoms with Gasteiger partial charge in [0.25, 0.3) is 0 Å². The van der Waals surface area contributed by atoms with E-state index in [0.717, 1.165) is 12.1 Å². The third kappa shape index (κ3) is 3.03. The van der Waals surface area contributed by atoms with Crippen LogP contribution in [0.15, 0.2) is 42.5 Å². The summed E-state index contributed by atoms with van der Waals surface area (Å²) in [5.41, 5.74) is 6.25. The van der Waals surface area contributed by atoms with Crippen LogP contribution in [-0.4, -0.2) is 13.0 Å². The molecule has 2 aromatic carbocycles. The Hall–Kier alpha value is -2.09. The first-order valence-corrected chi connectivity index (χ1v) is 8.63. The van der Waals surface area contributed by atoms with Crippen molar-refractivity contribution < 1.29 is 4.79 Å². The smallest absolute Gasteiger partial charge is 0.227 e. The lowest BCUT2D eigenvalue weighted by molar-refractivity contribution is -0.118. The molecule has 0 atom stereocenters. The van der Waals surface area contributed by atoms with Crippen LogP contribution in [0.25, 0.3) is 11.1 Å². The first kappa shape index (κ1) is 15.8. The number of carbonyl (C=O) groups is 1. The van der Waals surface area contributed by atoms with E-state index in [4.69, 9.17) is 0 Å². The highest BCUT2D eigenvalue weighted by Gasteiger charge is 2.20. The molecule has 1 aliphatic rings. The molecule has 0 bridgehead atoms. The minimum atomic E-state index is 0.208. The van der Waals surface area contributed by atoms with Gasteiger partial charge in [0.1, 0.15) is 0 Å². The van der Waals surface area contributed by atoms with Crippen molar-refractivity contribution in [1.82, 2.24) is 0 Å². The van der Waals surface area contributed by atoms with E-state index in [9.17, 15) is 4.79 Å². The normalized spacial score (nSPS) is 14.3. The van der Waals surface area contributed by atoms with Gasteiger partial charge in [0.2, 0.25) is 5.91 Å². The number of benzene rings is 2. The Balaban J connectivity index is 1.89. The number of carbonyl (C=O) groups excluding carboxylic acids is 1. The summed E-state index contributed by atoms with van der Waals surface area (Å²) in [5, 5.41) is 0. The molecule has 1 amide bonds. The highest BCUT2D eigenvalue weighted by Crippen LogP contribution is 2.32. The van der Waals surface area contributed by atoms with Gasteiger partial charge >= 0.3 is 0 Å². The van der Waals surface area contributed by atoms with Crippen LogP contribution in [0.1, 0.15) is 50.2 Å². The summed E-state index contributed by atoms with van der Waals surface area (Å²) in [5.74, 6) is 0.868. The molecular formula is C21H25NO. The third-order valence-corrected chi connectivity index (χ3v) is 5.12. The Morgan fingerprint density at radius 3 is 2.26 bits per heavy atom. The molecule has 0 spiro atoms. The zero-order valence-corrected chi connectivity index (χ0v) is 14.3. The SMILES string of the molecule is CCC(CC)c1ccc(-c2ccc3c(c2)CCC(=O)N3C)cc1. The molecule has 1 aliphatic heterocycles.